The number of hydrogen-bond donors (Lipinski definition) is 5. The van der Waals surface area contributed by atoms with Crippen molar-refractivity contribution in [1.82, 2.24) is 15.7 Å². The van der Waals surface area contributed by atoms with Crippen LogP contribution >= 0.6 is 11.6 Å². The molecule has 54 heavy (non-hydrogen) atoms. The molecule has 2 aliphatic heterocycles. The number of benzene rings is 4. The number of halogens is 1. The number of carbonyl (C=O) groups is 2. The molecule has 10 nitrogen and oxygen atoms in total. The van der Waals surface area contributed by atoms with Crippen LogP contribution in [0.4, 0.5) is 0 Å². The van der Waals surface area contributed by atoms with E-state index in [-0.39, 0.29) is 31.1 Å². The Kier molecular flexibility index (Phi) is 13.9. The van der Waals surface area contributed by atoms with E-state index in [0.717, 1.165) is 58.5 Å². The Labute approximate surface area is 322 Å². The van der Waals surface area contributed by atoms with Crippen molar-refractivity contribution >= 4 is 23.4 Å². The standard InChI is InChI=1S/C43H50ClN3O7/c44-37-18-16-36(17-19-37)43(51)20-22-47(23-21-43)28-38-26-39(32-14-12-30(29-48)13-15-32)54-42(53-38)35-9-5-8-34(25-35)33-7-4-6-31(24-33)27-45-40(49)10-2-1-3-11-41(50)46-52/h4-9,12-19,24-25,38-39,42,48,51-52H,1-3,10-11,20-23,26-29H2,(H,45,49)(H,46,50)/t38-,39+,42+/m1/s1. The number of ether oxygens (including phenoxy) is 2. The van der Waals surface area contributed by atoms with Crippen LogP contribution in [0.3, 0.4) is 0 Å². The summed E-state index contributed by atoms with van der Waals surface area (Å²) in [5.41, 5.74) is 7.40. The topological polar surface area (TPSA) is 141 Å². The molecule has 0 radical (unpaired) electrons. The van der Waals surface area contributed by atoms with Crippen LogP contribution in [-0.2, 0) is 37.8 Å². The minimum absolute atomic E-state index is 0.0209. The van der Waals surface area contributed by atoms with E-state index in [4.69, 9.17) is 26.3 Å². The summed E-state index contributed by atoms with van der Waals surface area (Å²) in [7, 11) is 0. The van der Waals surface area contributed by atoms with E-state index >= 15 is 0 Å². The highest BCUT2D eigenvalue weighted by Crippen LogP contribution is 2.40. The number of piperidine rings is 1. The lowest BCUT2D eigenvalue weighted by Gasteiger charge is -2.42. The molecule has 2 aliphatic rings. The number of carbonyl (C=O) groups excluding carboxylic acids is 2. The molecule has 4 aromatic rings. The van der Waals surface area contributed by atoms with Crippen molar-refractivity contribution in [1.29, 1.82) is 0 Å². The van der Waals surface area contributed by atoms with E-state index < -0.39 is 17.8 Å². The Morgan fingerprint density at radius 3 is 2.19 bits per heavy atom. The highest BCUT2D eigenvalue weighted by Gasteiger charge is 2.37. The van der Waals surface area contributed by atoms with E-state index in [0.29, 0.717) is 56.6 Å². The van der Waals surface area contributed by atoms with Gasteiger partial charge < -0.3 is 29.9 Å². The van der Waals surface area contributed by atoms with Gasteiger partial charge >= 0.3 is 0 Å². The summed E-state index contributed by atoms with van der Waals surface area (Å²) in [6.45, 7) is 2.56. The van der Waals surface area contributed by atoms with Crippen molar-refractivity contribution in [2.45, 2.75) is 88.6 Å². The monoisotopic (exact) mass is 755 g/mol. The summed E-state index contributed by atoms with van der Waals surface area (Å²) in [4.78, 5) is 26.0. The maximum atomic E-state index is 12.5. The quantitative estimate of drug-likeness (QED) is 0.0492. The molecular formula is C43H50ClN3O7. The zero-order valence-electron chi connectivity index (χ0n) is 30.5. The maximum Gasteiger partial charge on any atom is 0.243 e. The molecular weight excluding hydrogens is 706 g/mol. The summed E-state index contributed by atoms with van der Waals surface area (Å²) >= 11 is 6.10. The molecule has 0 aromatic heterocycles. The van der Waals surface area contributed by atoms with Gasteiger partial charge in [0, 0.05) is 56.0 Å². The summed E-state index contributed by atoms with van der Waals surface area (Å²) in [6, 6.07) is 31.7. The van der Waals surface area contributed by atoms with Crippen molar-refractivity contribution in [2.75, 3.05) is 19.6 Å². The van der Waals surface area contributed by atoms with Gasteiger partial charge in [-0.05, 0) is 83.3 Å². The van der Waals surface area contributed by atoms with E-state index in [1.165, 1.54) is 0 Å². The number of hydroxylamine groups is 1. The molecule has 3 atom stereocenters. The lowest BCUT2D eigenvalue weighted by Crippen LogP contribution is -2.46. The van der Waals surface area contributed by atoms with Crippen molar-refractivity contribution < 1.29 is 34.5 Å². The number of nitrogens with zero attached hydrogens (tertiary/aromatic N) is 1. The first-order valence-electron chi connectivity index (χ1n) is 18.8. The van der Waals surface area contributed by atoms with Gasteiger partial charge in [-0.1, -0.05) is 90.8 Å². The van der Waals surface area contributed by atoms with Crippen molar-refractivity contribution in [3.8, 4) is 11.1 Å². The Balaban J connectivity index is 1.11. The summed E-state index contributed by atoms with van der Waals surface area (Å²) in [5, 5.41) is 33.3. The minimum atomic E-state index is -0.885. The fourth-order valence-corrected chi connectivity index (χ4v) is 7.42. The maximum absolute atomic E-state index is 12.5. The lowest BCUT2D eigenvalue weighted by molar-refractivity contribution is -0.253. The number of amides is 2. The van der Waals surface area contributed by atoms with Crippen LogP contribution < -0.4 is 10.8 Å². The number of rotatable bonds is 15. The predicted octanol–water partition coefficient (Wildman–Crippen LogP) is 7.10. The molecule has 0 bridgehead atoms. The Bertz CT molecular complexity index is 1830. The van der Waals surface area contributed by atoms with Gasteiger partial charge in [0.15, 0.2) is 6.29 Å². The zero-order valence-corrected chi connectivity index (χ0v) is 31.2. The highest BCUT2D eigenvalue weighted by atomic mass is 35.5. The van der Waals surface area contributed by atoms with Crippen LogP contribution in [0.2, 0.25) is 5.02 Å². The number of nitrogens with one attached hydrogen (secondary N) is 2. The fraction of sp³-hybridized carbons (Fsp3) is 0.395. The van der Waals surface area contributed by atoms with Gasteiger partial charge in [-0.2, -0.15) is 0 Å². The third kappa shape index (κ3) is 10.8. The first kappa shape index (κ1) is 39.6. The highest BCUT2D eigenvalue weighted by molar-refractivity contribution is 6.30. The third-order valence-corrected chi connectivity index (χ3v) is 10.7. The van der Waals surface area contributed by atoms with Crippen molar-refractivity contribution in [2.24, 2.45) is 0 Å². The van der Waals surface area contributed by atoms with Gasteiger partial charge in [0.25, 0.3) is 0 Å². The SMILES string of the molecule is O=C(CCCCCC(=O)NCc1cccc(-c2cccc([C@H]3O[C@@H](CN4CCC(O)(c5ccc(Cl)cc5)CC4)C[C@@H](c4ccc(CO)cc4)O3)c2)c1)NO. The molecule has 0 spiro atoms. The number of unbranched alkanes of at least 4 members (excludes halogenated alkanes) is 2. The Morgan fingerprint density at radius 2 is 1.48 bits per heavy atom. The van der Waals surface area contributed by atoms with Crippen LogP contribution in [-0.4, -0.2) is 57.9 Å². The van der Waals surface area contributed by atoms with Gasteiger partial charge in [-0.15, -0.1) is 0 Å². The van der Waals surface area contributed by atoms with E-state index in [2.05, 4.69) is 28.4 Å². The van der Waals surface area contributed by atoms with Crippen LogP contribution in [0.5, 0.6) is 0 Å². The predicted molar refractivity (Wildman–Crippen MR) is 206 cm³/mol. The first-order chi connectivity index (χ1) is 26.2. The normalized spacial score (nSPS) is 20.0. The average molecular weight is 756 g/mol. The van der Waals surface area contributed by atoms with Gasteiger partial charge in [-0.3, -0.25) is 14.8 Å². The molecule has 2 saturated heterocycles. The Morgan fingerprint density at radius 1 is 0.796 bits per heavy atom. The van der Waals surface area contributed by atoms with Crippen LogP contribution in [0.1, 0.15) is 91.6 Å². The van der Waals surface area contributed by atoms with Crippen molar-refractivity contribution in [3.05, 3.63) is 130 Å². The smallest absolute Gasteiger partial charge is 0.243 e. The third-order valence-electron chi connectivity index (χ3n) is 10.5. The van der Waals surface area contributed by atoms with Crippen LogP contribution in [0.25, 0.3) is 11.1 Å². The molecule has 4 aromatic carbocycles. The number of aliphatic hydroxyl groups excluding tert-OH is 1. The van der Waals surface area contributed by atoms with Crippen LogP contribution in [0.15, 0.2) is 97.1 Å². The molecule has 0 unspecified atom stereocenters. The second-order valence-electron chi connectivity index (χ2n) is 14.4. The molecule has 2 heterocycles. The van der Waals surface area contributed by atoms with Gasteiger partial charge in [0.05, 0.1) is 24.4 Å². The number of hydrogen-bond acceptors (Lipinski definition) is 8. The molecule has 11 heteroatoms. The van der Waals surface area contributed by atoms with E-state index in [1.54, 1.807) is 5.48 Å². The molecule has 286 valence electrons. The first-order valence-corrected chi connectivity index (χ1v) is 19.2. The minimum Gasteiger partial charge on any atom is -0.392 e. The number of likely N-dealkylation sites (tertiary alicyclic amines) is 1. The summed E-state index contributed by atoms with van der Waals surface area (Å²) in [5.74, 6) is -0.459. The van der Waals surface area contributed by atoms with Gasteiger partial charge in [0.1, 0.15) is 0 Å². The lowest BCUT2D eigenvalue weighted by atomic mass is 9.84. The van der Waals surface area contributed by atoms with Crippen LogP contribution in [0, 0.1) is 0 Å². The average Bonchev–Trinajstić information content (AvgIpc) is 3.21. The van der Waals surface area contributed by atoms with E-state index in [1.807, 2.05) is 78.9 Å². The number of aliphatic hydroxyl groups is 2. The summed E-state index contributed by atoms with van der Waals surface area (Å²) < 4.78 is 13.4. The van der Waals surface area contributed by atoms with Crippen molar-refractivity contribution in [3.63, 3.8) is 0 Å². The molecule has 2 amide bonds. The molecule has 5 N–H and O–H groups in total. The fourth-order valence-electron chi connectivity index (χ4n) is 7.29. The Hall–Kier alpha value is -4.13. The molecule has 2 fully saturated rings. The molecule has 0 saturated carbocycles. The van der Waals surface area contributed by atoms with E-state index in [9.17, 15) is 19.8 Å². The zero-order chi connectivity index (χ0) is 37.9. The molecule has 6 rings (SSSR count). The summed E-state index contributed by atoms with van der Waals surface area (Å²) in [6.07, 6.45) is 3.59. The van der Waals surface area contributed by atoms with Gasteiger partial charge in [-0.25, -0.2) is 5.48 Å². The second kappa shape index (κ2) is 19.0. The van der Waals surface area contributed by atoms with Gasteiger partial charge in [0.2, 0.25) is 11.8 Å². The molecule has 0 aliphatic carbocycles. The largest absolute Gasteiger partial charge is 0.392 e. The second-order valence-corrected chi connectivity index (χ2v) is 14.8.